The first-order valence-electron chi connectivity index (χ1n) is 8.13. The molecular weight excluding hydrogens is 308 g/mol. The summed E-state index contributed by atoms with van der Waals surface area (Å²) in [5, 5.41) is 16.1. The lowest BCUT2D eigenvalue weighted by Gasteiger charge is -2.34. The lowest BCUT2D eigenvalue weighted by molar-refractivity contribution is 0.0739. The number of nitriles is 1. The molecule has 1 saturated heterocycles. The molecule has 2 fully saturated rings. The van der Waals surface area contributed by atoms with Gasteiger partial charge in [0.05, 0.1) is 0 Å². The minimum absolute atomic E-state index is 0.0734. The maximum atomic E-state index is 12.4. The monoisotopic (exact) mass is 326 g/mol. The predicted octanol–water partition coefficient (Wildman–Crippen LogP) is 1.42. The molecule has 8 nitrogen and oxygen atoms in total. The van der Waals surface area contributed by atoms with Crippen LogP contribution in [0.25, 0.3) is 0 Å². The summed E-state index contributed by atoms with van der Waals surface area (Å²) >= 11 is 0. The van der Waals surface area contributed by atoms with Crippen molar-refractivity contribution in [1.29, 1.82) is 5.26 Å². The number of carbonyl (C=O) groups excluding carboxylic acids is 1. The zero-order chi connectivity index (χ0) is 16.7. The van der Waals surface area contributed by atoms with E-state index in [1.165, 1.54) is 0 Å². The number of hydrogen-bond acceptors (Lipinski definition) is 6. The maximum absolute atomic E-state index is 12.4. The fourth-order valence-electron chi connectivity index (χ4n) is 2.92. The number of oxazole rings is 1. The van der Waals surface area contributed by atoms with E-state index in [0.717, 1.165) is 18.5 Å². The molecule has 2 aliphatic rings. The van der Waals surface area contributed by atoms with Crippen molar-refractivity contribution in [2.24, 2.45) is 0 Å². The van der Waals surface area contributed by atoms with Gasteiger partial charge in [-0.1, -0.05) is 0 Å². The number of aromatic nitrogens is 3. The summed E-state index contributed by atoms with van der Waals surface area (Å²) in [6.45, 7) is 4.23. The molecule has 3 heterocycles. The molecule has 0 spiro atoms. The van der Waals surface area contributed by atoms with E-state index >= 15 is 0 Å². The zero-order valence-electron chi connectivity index (χ0n) is 13.4. The third kappa shape index (κ3) is 2.62. The van der Waals surface area contributed by atoms with E-state index in [0.29, 0.717) is 55.3 Å². The molecule has 124 valence electrons. The minimum Gasteiger partial charge on any atom is -0.423 e. The van der Waals surface area contributed by atoms with Crippen LogP contribution in [0.3, 0.4) is 0 Å². The normalized spacial score (nSPS) is 17.8. The topological polar surface area (TPSA) is 102 Å². The van der Waals surface area contributed by atoms with Crippen molar-refractivity contribution in [2.45, 2.75) is 25.7 Å². The van der Waals surface area contributed by atoms with Gasteiger partial charge >= 0.3 is 0 Å². The molecule has 1 aliphatic heterocycles. The van der Waals surface area contributed by atoms with E-state index in [4.69, 9.17) is 4.42 Å². The number of rotatable bonds is 3. The third-order valence-corrected chi connectivity index (χ3v) is 4.44. The largest absolute Gasteiger partial charge is 0.423 e. The second-order valence-electron chi connectivity index (χ2n) is 6.31. The van der Waals surface area contributed by atoms with Gasteiger partial charge in [0, 0.05) is 37.8 Å². The molecule has 1 aliphatic carbocycles. The summed E-state index contributed by atoms with van der Waals surface area (Å²) < 4.78 is 5.82. The smallest absolute Gasteiger partial charge is 0.274 e. The van der Waals surface area contributed by atoms with Gasteiger partial charge in [-0.3, -0.25) is 9.89 Å². The van der Waals surface area contributed by atoms with Crippen LogP contribution in [0.5, 0.6) is 0 Å². The SMILES string of the molecule is Cc1cc(C(=O)N2CCN(c3oc(C4CC4)nc3C#N)CC2)n[nH]1. The molecular formula is C16H18N6O2. The van der Waals surface area contributed by atoms with Crippen molar-refractivity contribution in [2.75, 3.05) is 31.1 Å². The number of nitrogens with one attached hydrogen (secondary N) is 1. The highest BCUT2D eigenvalue weighted by molar-refractivity contribution is 5.92. The Kier molecular flexibility index (Phi) is 3.49. The molecule has 0 unspecified atom stereocenters. The fraction of sp³-hybridized carbons (Fsp3) is 0.500. The summed E-state index contributed by atoms with van der Waals surface area (Å²) in [6.07, 6.45) is 2.16. The van der Waals surface area contributed by atoms with Gasteiger partial charge in [-0.05, 0) is 25.8 Å². The number of aromatic amines is 1. The number of aryl methyl sites for hydroxylation is 1. The van der Waals surface area contributed by atoms with Gasteiger partial charge in [0.2, 0.25) is 17.5 Å². The van der Waals surface area contributed by atoms with E-state index in [1.807, 2.05) is 11.8 Å². The highest BCUT2D eigenvalue weighted by Crippen LogP contribution is 2.41. The quantitative estimate of drug-likeness (QED) is 0.915. The Morgan fingerprint density at radius 3 is 2.71 bits per heavy atom. The van der Waals surface area contributed by atoms with Gasteiger partial charge < -0.3 is 14.2 Å². The van der Waals surface area contributed by atoms with Crippen LogP contribution in [-0.4, -0.2) is 52.2 Å². The number of nitrogens with zero attached hydrogens (tertiary/aromatic N) is 5. The second-order valence-corrected chi connectivity index (χ2v) is 6.31. The molecule has 0 aromatic carbocycles. The average Bonchev–Trinajstić information content (AvgIpc) is 3.22. The van der Waals surface area contributed by atoms with Crippen LogP contribution in [0.1, 0.15) is 46.5 Å². The molecule has 4 rings (SSSR count). The van der Waals surface area contributed by atoms with E-state index < -0.39 is 0 Å². The summed E-state index contributed by atoms with van der Waals surface area (Å²) in [7, 11) is 0. The molecule has 0 bridgehead atoms. The Hall–Kier alpha value is -2.82. The molecule has 0 atom stereocenters. The third-order valence-electron chi connectivity index (χ3n) is 4.44. The van der Waals surface area contributed by atoms with Crippen molar-refractivity contribution in [3.05, 3.63) is 29.0 Å². The van der Waals surface area contributed by atoms with Crippen molar-refractivity contribution in [1.82, 2.24) is 20.1 Å². The lowest BCUT2D eigenvalue weighted by Crippen LogP contribution is -2.49. The predicted molar refractivity (Wildman–Crippen MR) is 84.6 cm³/mol. The first-order chi connectivity index (χ1) is 11.7. The molecule has 24 heavy (non-hydrogen) atoms. The van der Waals surface area contributed by atoms with E-state index in [-0.39, 0.29) is 5.91 Å². The van der Waals surface area contributed by atoms with Crippen LogP contribution < -0.4 is 4.90 Å². The molecule has 1 N–H and O–H groups in total. The Bertz CT molecular complexity index is 805. The Labute approximate surface area is 139 Å². The first-order valence-corrected chi connectivity index (χ1v) is 8.13. The van der Waals surface area contributed by atoms with E-state index in [9.17, 15) is 10.1 Å². The Balaban J connectivity index is 1.44. The van der Waals surface area contributed by atoms with Crippen LogP contribution >= 0.6 is 0 Å². The summed E-state index contributed by atoms with van der Waals surface area (Å²) in [5.74, 6) is 1.52. The van der Waals surface area contributed by atoms with Gasteiger partial charge in [-0.25, -0.2) is 4.98 Å². The zero-order valence-corrected chi connectivity index (χ0v) is 13.4. The van der Waals surface area contributed by atoms with Gasteiger partial charge in [-0.2, -0.15) is 10.4 Å². The van der Waals surface area contributed by atoms with Crippen LogP contribution in [0.4, 0.5) is 5.88 Å². The molecule has 8 heteroatoms. The number of H-pyrrole nitrogens is 1. The summed E-state index contributed by atoms with van der Waals surface area (Å²) in [5.41, 5.74) is 1.65. The van der Waals surface area contributed by atoms with Crippen molar-refractivity contribution in [3.63, 3.8) is 0 Å². The van der Waals surface area contributed by atoms with Crippen molar-refractivity contribution < 1.29 is 9.21 Å². The number of hydrogen-bond donors (Lipinski definition) is 1. The van der Waals surface area contributed by atoms with E-state index in [1.54, 1.807) is 11.0 Å². The van der Waals surface area contributed by atoms with E-state index in [2.05, 4.69) is 21.3 Å². The van der Waals surface area contributed by atoms with Crippen LogP contribution in [-0.2, 0) is 0 Å². The molecule has 1 saturated carbocycles. The molecule has 2 aromatic heterocycles. The number of anilines is 1. The minimum atomic E-state index is -0.0734. The summed E-state index contributed by atoms with van der Waals surface area (Å²) in [4.78, 5) is 20.5. The maximum Gasteiger partial charge on any atom is 0.274 e. The van der Waals surface area contributed by atoms with Gasteiger partial charge in [-0.15, -0.1) is 0 Å². The summed E-state index contributed by atoms with van der Waals surface area (Å²) in [6, 6.07) is 3.87. The average molecular weight is 326 g/mol. The Morgan fingerprint density at radius 2 is 2.12 bits per heavy atom. The van der Waals surface area contributed by atoms with Crippen LogP contribution in [0, 0.1) is 18.3 Å². The van der Waals surface area contributed by atoms with Gasteiger partial charge in [0.1, 0.15) is 11.8 Å². The lowest BCUT2D eigenvalue weighted by atomic mass is 10.2. The van der Waals surface area contributed by atoms with Crippen LogP contribution in [0.2, 0.25) is 0 Å². The fourth-order valence-corrected chi connectivity index (χ4v) is 2.92. The second kappa shape index (κ2) is 5.67. The Morgan fingerprint density at radius 1 is 1.38 bits per heavy atom. The number of amides is 1. The molecule has 2 aromatic rings. The van der Waals surface area contributed by atoms with Crippen LogP contribution in [0.15, 0.2) is 10.5 Å². The highest BCUT2D eigenvalue weighted by Gasteiger charge is 2.33. The standard InChI is InChI=1S/C16H18N6O2/c1-10-8-12(20-19-10)15(23)21-4-6-22(7-5-21)16-13(9-17)18-14(24-16)11-2-3-11/h8,11H,2-7H2,1H3,(H,19,20). The molecule has 0 radical (unpaired) electrons. The highest BCUT2D eigenvalue weighted by atomic mass is 16.4. The van der Waals surface area contributed by atoms with Crippen molar-refractivity contribution >= 4 is 11.8 Å². The number of carbonyl (C=O) groups is 1. The molecule has 1 amide bonds. The number of piperazine rings is 1. The van der Waals surface area contributed by atoms with Crippen molar-refractivity contribution in [3.8, 4) is 6.07 Å². The first kappa shape index (κ1) is 14.8. The van der Waals surface area contributed by atoms with Gasteiger partial charge in [0.15, 0.2) is 0 Å². The van der Waals surface area contributed by atoms with Gasteiger partial charge in [0.25, 0.3) is 5.91 Å².